The smallest absolute Gasteiger partial charge is 0.302 e. The van der Waals surface area contributed by atoms with Gasteiger partial charge in [-0.15, -0.1) is 0 Å². The number of aryl methyl sites for hydroxylation is 2. The van der Waals surface area contributed by atoms with Crippen LogP contribution in [0.1, 0.15) is 37.3 Å². The van der Waals surface area contributed by atoms with Gasteiger partial charge in [0.1, 0.15) is 17.6 Å². The Bertz CT molecular complexity index is 677. The summed E-state index contributed by atoms with van der Waals surface area (Å²) in [5.74, 6) is -0.0521. The molecule has 0 spiro atoms. The molecule has 25 heavy (non-hydrogen) atoms. The summed E-state index contributed by atoms with van der Waals surface area (Å²) in [5, 5.41) is 9.31. The Morgan fingerprint density at radius 3 is 2.24 bits per heavy atom. The third kappa shape index (κ3) is 7.21. The van der Waals surface area contributed by atoms with Crippen molar-refractivity contribution in [2.75, 3.05) is 0 Å². The largest absolute Gasteiger partial charge is 0.508 e. The van der Waals surface area contributed by atoms with Gasteiger partial charge in [0.05, 0.1) is 0 Å². The molecule has 4 nitrogen and oxygen atoms in total. The zero-order chi connectivity index (χ0) is 18.1. The van der Waals surface area contributed by atoms with Crippen molar-refractivity contribution >= 4 is 11.8 Å². The molecule has 0 saturated carbocycles. The molecule has 0 bridgehead atoms. The highest BCUT2D eigenvalue weighted by Crippen LogP contribution is 2.16. The average Bonchev–Trinajstić information content (AvgIpc) is 2.60. The minimum absolute atomic E-state index is 0.0980. The van der Waals surface area contributed by atoms with E-state index in [4.69, 9.17) is 4.74 Å². The van der Waals surface area contributed by atoms with Crippen LogP contribution in [0.3, 0.4) is 0 Å². The van der Waals surface area contributed by atoms with Crippen molar-refractivity contribution in [1.82, 2.24) is 0 Å². The highest BCUT2D eigenvalue weighted by atomic mass is 16.5. The van der Waals surface area contributed by atoms with Crippen LogP contribution in [0.2, 0.25) is 0 Å². The number of benzene rings is 2. The minimum Gasteiger partial charge on any atom is -0.508 e. The summed E-state index contributed by atoms with van der Waals surface area (Å²) in [6.07, 6.45) is 2.25. The van der Waals surface area contributed by atoms with Crippen molar-refractivity contribution in [2.45, 2.75) is 45.1 Å². The van der Waals surface area contributed by atoms with Crippen molar-refractivity contribution in [2.24, 2.45) is 0 Å². The Labute approximate surface area is 148 Å². The summed E-state index contributed by atoms with van der Waals surface area (Å²) in [4.78, 5) is 23.5. The number of phenolic OH excluding ortho intramolecular Hbond substituents is 1. The van der Waals surface area contributed by atoms with Gasteiger partial charge >= 0.3 is 5.97 Å². The summed E-state index contributed by atoms with van der Waals surface area (Å²) >= 11 is 0. The lowest BCUT2D eigenvalue weighted by molar-refractivity contribution is -0.147. The molecule has 0 saturated heterocycles. The third-order valence-corrected chi connectivity index (χ3v) is 4.01. The third-order valence-electron chi connectivity index (χ3n) is 4.01. The molecule has 2 rings (SSSR count). The number of ether oxygens (including phenoxy) is 1. The van der Waals surface area contributed by atoms with Crippen molar-refractivity contribution in [3.05, 3.63) is 65.7 Å². The van der Waals surface area contributed by atoms with Gasteiger partial charge in [0.25, 0.3) is 0 Å². The van der Waals surface area contributed by atoms with Crippen LogP contribution in [-0.2, 0) is 27.2 Å². The fourth-order valence-electron chi connectivity index (χ4n) is 2.71. The molecule has 132 valence electrons. The number of phenols is 1. The number of rotatable bonds is 9. The van der Waals surface area contributed by atoms with Crippen molar-refractivity contribution in [1.29, 1.82) is 0 Å². The zero-order valence-electron chi connectivity index (χ0n) is 14.5. The quantitative estimate of drug-likeness (QED) is 0.704. The first-order valence-electron chi connectivity index (χ1n) is 8.53. The zero-order valence-corrected chi connectivity index (χ0v) is 14.5. The molecule has 0 aromatic heterocycles. The Morgan fingerprint density at radius 1 is 0.960 bits per heavy atom. The molecule has 0 fully saturated rings. The molecule has 1 atom stereocenters. The van der Waals surface area contributed by atoms with E-state index in [1.807, 2.05) is 42.5 Å². The molecule has 0 aliphatic carbocycles. The van der Waals surface area contributed by atoms with Crippen LogP contribution in [0.25, 0.3) is 0 Å². The number of ketones is 1. The SMILES string of the molecule is CC(=O)O[C@@H](CCc1ccc(O)cc1)CC(=O)CCc1ccccc1. The molecular formula is C21H24O4. The predicted molar refractivity (Wildman–Crippen MR) is 96.4 cm³/mol. The van der Waals surface area contributed by atoms with E-state index in [1.165, 1.54) is 6.92 Å². The van der Waals surface area contributed by atoms with Gasteiger partial charge in [-0.25, -0.2) is 0 Å². The molecular weight excluding hydrogens is 316 g/mol. The highest BCUT2D eigenvalue weighted by Gasteiger charge is 2.17. The van der Waals surface area contributed by atoms with Gasteiger partial charge in [-0.2, -0.15) is 0 Å². The van der Waals surface area contributed by atoms with Crippen LogP contribution in [0, 0.1) is 0 Å². The van der Waals surface area contributed by atoms with Gasteiger partial charge in [0.2, 0.25) is 0 Å². The number of aromatic hydroxyl groups is 1. The van der Waals surface area contributed by atoms with Crippen LogP contribution in [0.4, 0.5) is 0 Å². The summed E-state index contributed by atoms with van der Waals surface area (Å²) in [7, 11) is 0. The average molecular weight is 340 g/mol. The van der Waals surface area contributed by atoms with E-state index in [-0.39, 0.29) is 23.9 Å². The van der Waals surface area contributed by atoms with E-state index >= 15 is 0 Å². The van der Waals surface area contributed by atoms with Crippen LogP contribution < -0.4 is 0 Å². The Kier molecular flexibility index (Phi) is 7.20. The molecule has 2 aromatic carbocycles. The molecule has 0 aliphatic heterocycles. The van der Waals surface area contributed by atoms with Gasteiger partial charge in [-0.1, -0.05) is 42.5 Å². The molecule has 0 radical (unpaired) electrons. The number of esters is 1. The lowest BCUT2D eigenvalue weighted by atomic mass is 10.00. The maximum atomic E-state index is 12.2. The van der Waals surface area contributed by atoms with E-state index in [1.54, 1.807) is 12.1 Å². The topological polar surface area (TPSA) is 63.6 Å². The monoisotopic (exact) mass is 340 g/mol. The van der Waals surface area contributed by atoms with Crippen molar-refractivity contribution in [3.63, 3.8) is 0 Å². The predicted octanol–water partition coefficient (Wildman–Crippen LogP) is 3.85. The van der Waals surface area contributed by atoms with Crippen molar-refractivity contribution in [3.8, 4) is 5.75 Å². The maximum Gasteiger partial charge on any atom is 0.302 e. The van der Waals surface area contributed by atoms with Gasteiger partial charge in [-0.05, 0) is 42.5 Å². The van der Waals surface area contributed by atoms with E-state index in [9.17, 15) is 14.7 Å². The Balaban J connectivity index is 1.84. The van der Waals surface area contributed by atoms with E-state index in [2.05, 4.69) is 0 Å². The van der Waals surface area contributed by atoms with E-state index < -0.39 is 6.10 Å². The maximum absolute atomic E-state index is 12.2. The van der Waals surface area contributed by atoms with Gasteiger partial charge < -0.3 is 9.84 Å². The Morgan fingerprint density at radius 2 is 1.60 bits per heavy atom. The number of carbonyl (C=O) groups is 2. The molecule has 0 heterocycles. The highest BCUT2D eigenvalue weighted by molar-refractivity contribution is 5.79. The van der Waals surface area contributed by atoms with Crippen LogP contribution in [0.5, 0.6) is 5.75 Å². The normalized spacial score (nSPS) is 11.7. The minimum atomic E-state index is -0.408. The van der Waals surface area contributed by atoms with Crippen LogP contribution >= 0.6 is 0 Å². The lowest BCUT2D eigenvalue weighted by Gasteiger charge is -2.16. The second kappa shape index (κ2) is 9.62. The molecule has 0 amide bonds. The second-order valence-corrected chi connectivity index (χ2v) is 6.16. The van der Waals surface area contributed by atoms with Gasteiger partial charge in [0, 0.05) is 19.8 Å². The van der Waals surface area contributed by atoms with Crippen LogP contribution in [-0.4, -0.2) is 23.0 Å². The molecule has 4 heteroatoms. The molecule has 0 unspecified atom stereocenters. The summed E-state index contributed by atoms with van der Waals surface area (Å²) in [6.45, 7) is 1.36. The molecule has 2 aromatic rings. The van der Waals surface area contributed by atoms with E-state index in [0.29, 0.717) is 25.7 Å². The fraction of sp³-hybridized carbons (Fsp3) is 0.333. The second-order valence-electron chi connectivity index (χ2n) is 6.16. The number of carbonyl (C=O) groups excluding carboxylic acids is 2. The number of hydrogen-bond donors (Lipinski definition) is 1. The number of Topliss-reactive ketones (excluding diaryl/α,β-unsaturated/α-hetero) is 1. The standard InChI is InChI=1S/C21H24O4/c1-16(22)25-21(14-10-18-7-11-19(23)12-8-18)15-20(24)13-9-17-5-3-2-4-6-17/h2-8,11-12,21,23H,9-10,13-15H2,1H3/t21-/m0/s1. The van der Waals surface area contributed by atoms with Crippen LogP contribution in [0.15, 0.2) is 54.6 Å². The van der Waals surface area contributed by atoms with E-state index in [0.717, 1.165) is 11.1 Å². The first kappa shape index (κ1) is 18.7. The van der Waals surface area contributed by atoms with Gasteiger partial charge in [-0.3, -0.25) is 9.59 Å². The van der Waals surface area contributed by atoms with Crippen molar-refractivity contribution < 1.29 is 19.4 Å². The molecule has 0 aliphatic rings. The lowest BCUT2D eigenvalue weighted by Crippen LogP contribution is -2.21. The summed E-state index contributed by atoms with van der Waals surface area (Å²) in [6, 6.07) is 16.8. The number of hydrogen-bond acceptors (Lipinski definition) is 4. The first-order chi connectivity index (χ1) is 12.0. The Hall–Kier alpha value is -2.62. The van der Waals surface area contributed by atoms with Gasteiger partial charge in [0.15, 0.2) is 0 Å². The summed E-state index contributed by atoms with van der Waals surface area (Å²) in [5.41, 5.74) is 2.16. The first-order valence-corrected chi connectivity index (χ1v) is 8.53. The fourth-order valence-corrected chi connectivity index (χ4v) is 2.71. The molecule has 1 N–H and O–H groups in total. The summed E-state index contributed by atoms with van der Waals surface area (Å²) < 4.78 is 5.31.